The minimum atomic E-state index is -1.43. The van der Waals surface area contributed by atoms with E-state index < -0.39 is 17.0 Å². The fourth-order valence-electron chi connectivity index (χ4n) is 5.74. The first-order valence-corrected chi connectivity index (χ1v) is 15.0. The van der Waals surface area contributed by atoms with Crippen LogP contribution < -0.4 is 10.9 Å². The number of aliphatic hydroxyl groups is 1. The van der Waals surface area contributed by atoms with Gasteiger partial charge in [-0.2, -0.15) is 4.98 Å². The molecule has 1 amide bonds. The fourth-order valence-corrected chi connectivity index (χ4v) is 5.74. The number of halogens is 1. The van der Waals surface area contributed by atoms with Crippen LogP contribution in [0.1, 0.15) is 77.2 Å². The van der Waals surface area contributed by atoms with Crippen molar-refractivity contribution in [3.05, 3.63) is 69.5 Å². The van der Waals surface area contributed by atoms with E-state index in [0.29, 0.717) is 30.8 Å². The van der Waals surface area contributed by atoms with Crippen molar-refractivity contribution in [2.75, 3.05) is 11.9 Å². The van der Waals surface area contributed by atoms with Crippen molar-refractivity contribution in [1.29, 1.82) is 0 Å². The number of aromatic nitrogens is 5. The van der Waals surface area contributed by atoms with Gasteiger partial charge >= 0.3 is 6.09 Å². The van der Waals surface area contributed by atoms with Gasteiger partial charge in [0.2, 0.25) is 5.95 Å². The van der Waals surface area contributed by atoms with Gasteiger partial charge in [-0.3, -0.25) is 4.79 Å². The number of anilines is 2. The van der Waals surface area contributed by atoms with E-state index in [2.05, 4.69) is 15.3 Å². The number of rotatable bonds is 6. The molecule has 2 aliphatic rings. The number of hydrogen-bond donors (Lipinski definition) is 2. The molecule has 232 valence electrons. The number of amides is 1. The molecule has 4 heterocycles. The number of carbonyl (C=O) groups excluding carboxylic acids is 1. The Bertz CT molecular complexity index is 1820. The summed E-state index contributed by atoms with van der Waals surface area (Å²) in [5, 5.41) is 14.6. The molecule has 4 aromatic rings. The predicted molar refractivity (Wildman–Crippen MR) is 164 cm³/mol. The van der Waals surface area contributed by atoms with E-state index in [9.17, 15) is 19.1 Å². The maximum Gasteiger partial charge on any atom is 0.410 e. The van der Waals surface area contributed by atoms with Gasteiger partial charge in [-0.05, 0) is 102 Å². The number of fused-ring (bicyclic) bond motifs is 2. The summed E-state index contributed by atoms with van der Waals surface area (Å²) in [6.45, 7) is 11.8. The molecule has 1 aromatic carbocycles. The van der Waals surface area contributed by atoms with Crippen LogP contribution in [0.4, 0.5) is 20.8 Å². The zero-order chi connectivity index (χ0) is 31.6. The minimum Gasteiger partial charge on any atom is -0.444 e. The van der Waals surface area contributed by atoms with Gasteiger partial charge in [-0.25, -0.2) is 28.5 Å². The molecule has 3 aromatic heterocycles. The van der Waals surface area contributed by atoms with E-state index >= 15 is 0 Å². The number of carbonyl (C=O) groups is 1. The van der Waals surface area contributed by atoms with Gasteiger partial charge in [0.05, 0.1) is 0 Å². The van der Waals surface area contributed by atoms with Crippen molar-refractivity contribution >= 4 is 28.8 Å². The van der Waals surface area contributed by atoms with Crippen LogP contribution in [-0.2, 0) is 23.3 Å². The molecule has 0 radical (unpaired) electrons. The Hall–Kier alpha value is -4.32. The lowest BCUT2D eigenvalue weighted by Gasteiger charge is -2.31. The number of nitrogens with one attached hydrogen (secondary N) is 1. The number of ether oxygens (including phenoxy) is 1. The molecule has 0 spiro atoms. The van der Waals surface area contributed by atoms with E-state index in [-0.39, 0.29) is 46.5 Å². The summed E-state index contributed by atoms with van der Waals surface area (Å²) < 4.78 is 23.6. The lowest BCUT2D eigenvalue weighted by atomic mass is 9.95. The second kappa shape index (κ2) is 10.7. The molecule has 0 bridgehead atoms. The summed E-state index contributed by atoms with van der Waals surface area (Å²) in [6, 6.07) is 8.37. The Morgan fingerprint density at radius 1 is 1.11 bits per heavy atom. The Morgan fingerprint density at radius 2 is 1.86 bits per heavy atom. The Morgan fingerprint density at radius 3 is 2.55 bits per heavy atom. The summed E-state index contributed by atoms with van der Waals surface area (Å²) >= 11 is 0. The molecule has 6 rings (SSSR count). The lowest BCUT2D eigenvalue weighted by Crippen LogP contribution is -2.39. The summed E-state index contributed by atoms with van der Waals surface area (Å²) in [4.78, 5) is 41.5. The third-order valence-corrected chi connectivity index (χ3v) is 8.14. The molecule has 2 N–H and O–H groups in total. The molecular formula is C32H38FN7O4. The molecule has 11 nitrogen and oxygen atoms in total. The van der Waals surface area contributed by atoms with Gasteiger partial charge in [0.1, 0.15) is 28.1 Å². The fraction of sp³-hybridized carbons (Fsp3) is 0.469. The maximum atomic E-state index is 15.0. The number of hydrogen-bond acceptors (Lipinski definition) is 8. The van der Waals surface area contributed by atoms with Crippen LogP contribution in [-0.4, -0.2) is 52.6 Å². The average Bonchev–Trinajstić information content (AvgIpc) is 3.77. The average molecular weight is 604 g/mol. The van der Waals surface area contributed by atoms with Crippen molar-refractivity contribution in [1.82, 2.24) is 29.2 Å². The third kappa shape index (κ3) is 5.54. The highest BCUT2D eigenvalue weighted by Gasteiger charge is 2.44. The van der Waals surface area contributed by atoms with Crippen LogP contribution >= 0.6 is 0 Å². The summed E-state index contributed by atoms with van der Waals surface area (Å²) in [7, 11) is 0. The van der Waals surface area contributed by atoms with Crippen LogP contribution in [0.2, 0.25) is 0 Å². The Labute approximate surface area is 254 Å². The first-order valence-electron chi connectivity index (χ1n) is 15.0. The van der Waals surface area contributed by atoms with E-state index in [1.54, 1.807) is 16.5 Å². The van der Waals surface area contributed by atoms with E-state index in [1.807, 2.05) is 52.8 Å². The van der Waals surface area contributed by atoms with E-state index in [4.69, 9.17) is 9.72 Å². The van der Waals surface area contributed by atoms with Crippen molar-refractivity contribution in [2.24, 2.45) is 5.92 Å². The molecule has 1 aliphatic heterocycles. The van der Waals surface area contributed by atoms with Gasteiger partial charge in [0, 0.05) is 31.0 Å². The first-order chi connectivity index (χ1) is 20.7. The first kappa shape index (κ1) is 29.7. The summed E-state index contributed by atoms with van der Waals surface area (Å²) in [5.74, 6) is -0.155. The SMILES string of the molecule is CC(C)n1c(=O)c2cnc(Nc3ccc4c(c3)CN(C(=O)OC(C)(C)C)CC4)nc2n1-c1ccc(F)c(C(C)(O)C2CC2)n1. The quantitative estimate of drug-likeness (QED) is 0.302. The van der Waals surface area contributed by atoms with Gasteiger partial charge < -0.3 is 20.1 Å². The highest BCUT2D eigenvalue weighted by Crippen LogP contribution is 2.45. The minimum absolute atomic E-state index is 0.0519. The highest BCUT2D eigenvalue weighted by atomic mass is 19.1. The van der Waals surface area contributed by atoms with Crippen molar-refractivity contribution < 1.29 is 19.0 Å². The monoisotopic (exact) mass is 603 g/mol. The van der Waals surface area contributed by atoms with E-state index in [0.717, 1.165) is 24.0 Å². The van der Waals surface area contributed by atoms with E-state index in [1.165, 1.54) is 23.0 Å². The van der Waals surface area contributed by atoms with Crippen LogP contribution in [0, 0.1) is 11.7 Å². The standard InChI is InChI=1S/C32H38FN7O4/c1-18(2)39-28(41)23-16-34-29(35-22-10-7-19-13-14-38(17-20(19)15-22)30(42)44-31(3,4)5)37-27(23)40(39)25-12-11-24(33)26(36-25)32(6,43)21-8-9-21/h7,10-12,15-16,18,21,43H,8-9,13-14,17H2,1-6H3,(H,34,35,37). The van der Waals surface area contributed by atoms with Crippen molar-refractivity contribution in [2.45, 2.75) is 84.6 Å². The summed E-state index contributed by atoms with van der Waals surface area (Å²) in [6.07, 6.45) is 3.43. The maximum absolute atomic E-state index is 15.0. The summed E-state index contributed by atoms with van der Waals surface area (Å²) in [5.41, 5.74) is 0.783. The van der Waals surface area contributed by atoms with Gasteiger partial charge in [-0.1, -0.05) is 6.07 Å². The van der Waals surface area contributed by atoms with Gasteiger partial charge in [0.15, 0.2) is 11.5 Å². The molecule has 1 fully saturated rings. The van der Waals surface area contributed by atoms with Crippen molar-refractivity contribution in [3.8, 4) is 5.82 Å². The molecule has 44 heavy (non-hydrogen) atoms. The van der Waals surface area contributed by atoms with Crippen LogP contribution in [0.3, 0.4) is 0 Å². The van der Waals surface area contributed by atoms with Crippen LogP contribution in [0.5, 0.6) is 0 Å². The smallest absolute Gasteiger partial charge is 0.410 e. The second-order valence-electron chi connectivity index (χ2n) is 13.2. The molecule has 1 unspecified atom stereocenters. The Kier molecular flexibility index (Phi) is 7.22. The third-order valence-electron chi connectivity index (χ3n) is 8.14. The molecule has 1 aliphatic carbocycles. The predicted octanol–water partition coefficient (Wildman–Crippen LogP) is 5.35. The van der Waals surface area contributed by atoms with Gasteiger partial charge in [-0.15, -0.1) is 0 Å². The lowest BCUT2D eigenvalue weighted by molar-refractivity contribution is 0.0222. The molecular weight excluding hydrogens is 565 g/mol. The molecule has 1 atom stereocenters. The highest BCUT2D eigenvalue weighted by molar-refractivity contribution is 5.77. The normalized spacial score (nSPS) is 16.6. The molecule has 12 heteroatoms. The second-order valence-corrected chi connectivity index (χ2v) is 13.2. The van der Waals surface area contributed by atoms with Crippen LogP contribution in [0.25, 0.3) is 16.9 Å². The molecule has 1 saturated carbocycles. The molecule has 0 saturated heterocycles. The zero-order valence-corrected chi connectivity index (χ0v) is 25.9. The van der Waals surface area contributed by atoms with Crippen molar-refractivity contribution in [3.63, 3.8) is 0 Å². The number of benzene rings is 1. The topological polar surface area (TPSA) is 127 Å². The zero-order valence-electron chi connectivity index (χ0n) is 25.9. The van der Waals surface area contributed by atoms with Crippen LogP contribution in [0.15, 0.2) is 41.3 Å². The number of pyridine rings is 1. The largest absolute Gasteiger partial charge is 0.444 e. The van der Waals surface area contributed by atoms with Gasteiger partial charge in [0.25, 0.3) is 5.56 Å². The Balaban J connectivity index is 1.36. The number of nitrogens with zero attached hydrogens (tertiary/aromatic N) is 6.